The van der Waals surface area contributed by atoms with Crippen LogP contribution in [0, 0.1) is 18.8 Å². The maximum absolute atomic E-state index is 5.75. The molecule has 0 saturated heterocycles. The molecule has 5 heteroatoms. The smallest absolute Gasteiger partial charge is 0.120 e. The number of ether oxygens (including phenoxy) is 1. The second kappa shape index (κ2) is 7.77. The predicted octanol–water partition coefficient (Wildman–Crippen LogP) is 2.21. The van der Waals surface area contributed by atoms with E-state index < -0.39 is 0 Å². The summed E-state index contributed by atoms with van der Waals surface area (Å²) in [6.07, 6.45) is 0. The van der Waals surface area contributed by atoms with Crippen molar-refractivity contribution in [2.24, 2.45) is 12.8 Å². The molecular formula is C16H19N3OS. The monoisotopic (exact) mass is 301 g/mol. The van der Waals surface area contributed by atoms with Crippen LogP contribution >= 0.6 is 11.8 Å². The van der Waals surface area contributed by atoms with E-state index in [0.29, 0.717) is 13.2 Å². The molecule has 21 heavy (non-hydrogen) atoms. The maximum Gasteiger partial charge on any atom is 0.120 e. The number of nitrogens with zero attached hydrogens (tertiary/aromatic N) is 2. The fraction of sp³-hybridized carbons (Fsp3) is 0.312. The van der Waals surface area contributed by atoms with E-state index in [1.165, 1.54) is 0 Å². The van der Waals surface area contributed by atoms with E-state index in [9.17, 15) is 0 Å². The quantitative estimate of drug-likeness (QED) is 0.523. The van der Waals surface area contributed by atoms with Gasteiger partial charge < -0.3 is 10.5 Å². The Labute approximate surface area is 129 Å². The summed E-state index contributed by atoms with van der Waals surface area (Å²) in [6, 6.07) is 9.83. The van der Waals surface area contributed by atoms with Crippen molar-refractivity contribution in [2.75, 3.05) is 18.9 Å². The number of aryl methyl sites for hydroxylation is 2. The van der Waals surface area contributed by atoms with E-state index in [2.05, 4.69) is 23.0 Å². The zero-order valence-electron chi connectivity index (χ0n) is 12.3. The van der Waals surface area contributed by atoms with Crippen LogP contribution in [0.5, 0.6) is 5.75 Å². The number of thioether (sulfide) groups is 1. The first-order valence-corrected chi connectivity index (χ1v) is 7.73. The van der Waals surface area contributed by atoms with Crippen molar-refractivity contribution in [3.05, 3.63) is 41.6 Å². The minimum absolute atomic E-state index is 0.367. The molecule has 1 heterocycles. The van der Waals surface area contributed by atoms with E-state index in [1.807, 2.05) is 42.9 Å². The summed E-state index contributed by atoms with van der Waals surface area (Å²) < 4.78 is 7.64. The molecule has 0 atom stereocenters. The van der Waals surface area contributed by atoms with Crippen molar-refractivity contribution < 1.29 is 4.74 Å². The molecule has 2 rings (SSSR count). The molecule has 1 aromatic carbocycles. The minimum Gasteiger partial charge on any atom is -0.493 e. The van der Waals surface area contributed by atoms with Gasteiger partial charge in [-0.05, 0) is 31.2 Å². The van der Waals surface area contributed by atoms with Crippen molar-refractivity contribution in [3.8, 4) is 17.6 Å². The van der Waals surface area contributed by atoms with Crippen LogP contribution in [0.1, 0.15) is 11.3 Å². The van der Waals surface area contributed by atoms with Crippen LogP contribution in [0.3, 0.4) is 0 Å². The van der Waals surface area contributed by atoms with Gasteiger partial charge in [0.05, 0.1) is 23.9 Å². The maximum atomic E-state index is 5.75. The molecule has 0 bridgehead atoms. The van der Waals surface area contributed by atoms with Crippen LogP contribution in [0.4, 0.5) is 0 Å². The highest BCUT2D eigenvalue weighted by atomic mass is 32.2. The molecule has 0 radical (unpaired) electrons. The number of nitrogens with two attached hydrogens (primary N) is 1. The number of rotatable bonds is 5. The molecule has 110 valence electrons. The van der Waals surface area contributed by atoms with Crippen molar-refractivity contribution >= 4 is 11.8 Å². The van der Waals surface area contributed by atoms with Gasteiger partial charge in [-0.3, -0.25) is 4.68 Å². The van der Waals surface area contributed by atoms with Gasteiger partial charge in [0.25, 0.3) is 0 Å². The van der Waals surface area contributed by atoms with E-state index in [1.54, 1.807) is 11.8 Å². The molecule has 0 amide bonds. The zero-order chi connectivity index (χ0) is 15.1. The summed E-state index contributed by atoms with van der Waals surface area (Å²) in [6.45, 7) is 3.00. The van der Waals surface area contributed by atoms with Crippen LogP contribution in [0.2, 0.25) is 0 Å². The van der Waals surface area contributed by atoms with Gasteiger partial charge in [0.15, 0.2) is 0 Å². The number of hydrogen-bond donors (Lipinski definition) is 1. The lowest BCUT2D eigenvalue weighted by Crippen LogP contribution is -2.01. The largest absolute Gasteiger partial charge is 0.493 e. The van der Waals surface area contributed by atoms with Gasteiger partial charge >= 0.3 is 0 Å². The summed E-state index contributed by atoms with van der Waals surface area (Å²) in [7, 11) is 1.95. The lowest BCUT2D eigenvalue weighted by Gasteiger charge is -2.06. The van der Waals surface area contributed by atoms with Gasteiger partial charge in [0, 0.05) is 18.4 Å². The van der Waals surface area contributed by atoms with Crippen LogP contribution in [-0.2, 0) is 7.05 Å². The predicted molar refractivity (Wildman–Crippen MR) is 86.5 cm³/mol. The standard InChI is InChI=1S/C16H19N3OS/c1-13-11-16(19(2)18-13)21-10-9-20-15-7-3-5-14(12-15)6-4-8-17/h3,5,7,11-12H,8-10,17H2,1-2H3. The molecule has 0 aliphatic carbocycles. The van der Waals surface area contributed by atoms with Gasteiger partial charge in [-0.25, -0.2) is 0 Å². The van der Waals surface area contributed by atoms with E-state index in [-0.39, 0.29) is 0 Å². The first-order chi connectivity index (χ1) is 10.2. The lowest BCUT2D eigenvalue weighted by molar-refractivity contribution is 0.344. The summed E-state index contributed by atoms with van der Waals surface area (Å²) in [5.41, 5.74) is 7.33. The van der Waals surface area contributed by atoms with Crippen LogP contribution in [0.15, 0.2) is 35.4 Å². The Morgan fingerprint density at radius 3 is 2.95 bits per heavy atom. The molecule has 0 spiro atoms. The summed E-state index contributed by atoms with van der Waals surface area (Å²) in [5, 5.41) is 5.47. The van der Waals surface area contributed by atoms with E-state index in [0.717, 1.165) is 27.8 Å². The van der Waals surface area contributed by atoms with E-state index >= 15 is 0 Å². The highest BCUT2D eigenvalue weighted by molar-refractivity contribution is 7.99. The molecule has 0 aliphatic rings. The van der Waals surface area contributed by atoms with Crippen molar-refractivity contribution in [1.29, 1.82) is 0 Å². The number of benzene rings is 1. The topological polar surface area (TPSA) is 53.1 Å². The molecule has 1 aromatic heterocycles. The van der Waals surface area contributed by atoms with Gasteiger partial charge in [-0.15, -0.1) is 11.8 Å². The third-order valence-electron chi connectivity index (χ3n) is 2.73. The van der Waals surface area contributed by atoms with Crippen LogP contribution in [-0.4, -0.2) is 28.7 Å². The fourth-order valence-corrected chi connectivity index (χ4v) is 2.70. The van der Waals surface area contributed by atoms with Crippen LogP contribution in [0.25, 0.3) is 0 Å². The summed E-state index contributed by atoms with van der Waals surface area (Å²) >= 11 is 1.74. The van der Waals surface area contributed by atoms with Crippen molar-refractivity contribution in [3.63, 3.8) is 0 Å². The third-order valence-corrected chi connectivity index (χ3v) is 3.78. The van der Waals surface area contributed by atoms with Crippen LogP contribution < -0.4 is 10.5 Å². The molecule has 0 aliphatic heterocycles. The fourth-order valence-electron chi connectivity index (χ4n) is 1.84. The molecule has 2 N–H and O–H groups in total. The minimum atomic E-state index is 0.367. The lowest BCUT2D eigenvalue weighted by atomic mass is 10.2. The molecule has 0 fully saturated rings. The number of aromatic nitrogens is 2. The Morgan fingerprint density at radius 1 is 1.38 bits per heavy atom. The highest BCUT2D eigenvalue weighted by Gasteiger charge is 2.02. The Bertz CT molecular complexity index is 655. The average molecular weight is 301 g/mol. The first kappa shape index (κ1) is 15.5. The van der Waals surface area contributed by atoms with Crippen molar-refractivity contribution in [2.45, 2.75) is 11.9 Å². The molecule has 0 saturated carbocycles. The van der Waals surface area contributed by atoms with E-state index in [4.69, 9.17) is 10.5 Å². The number of hydrogen-bond acceptors (Lipinski definition) is 4. The molecule has 2 aromatic rings. The van der Waals surface area contributed by atoms with Gasteiger partial charge in [-0.1, -0.05) is 17.9 Å². The SMILES string of the molecule is Cc1cc(SCCOc2cccc(C#CCN)c2)n(C)n1. The summed E-state index contributed by atoms with van der Waals surface area (Å²) in [5.74, 6) is 7.54. The Morgan fingerprint density at radius 2 is 2.24 bits per heavy atom. The Balaban J connectivity index is 1.82. The van der Waals surface area contributed by atoms with Gasteiger partial charge in [-0.2, -0.15) is 5.10 Å². The normalized spacial score (nSPS) is 10.0. The van der Waals surface area contributed by atoms with Crippen molar-refractivity contribution in [1.82, 2.24) is 9.78 Å². The molecule has 4 nitrogen and oxygen atoms in total. The van der Waals surface area contributed by atoms with Gasteiger partial charge in [0.2, 0.25) is 0 Å². The summed E-state index contributed by atoms with van der Waals surface area (Å²) in [4.78, 5) is 0. The Hall–Kier alpha value is -1.90. The molecular weight excluding hydrogens is 282 g/mol. The third kappa shape index (κ3) is 4.85. The van der Waals surface area contributed by atoms with Gasteiger partial charge in [0.1, 0.15) is 5.75 Å². The molecule has 0 unspecified atom stereocenters. The Kier molecular flexibility index (Phi) is 5.73. The second-order valence-electron chi connectivity index (χ2n) is 4.48. The first-order valence-electron chi connectivity index (χ1n) is 6.74. The average Bonchev–Trinajstić information content (AvgIpc) is 2.80. The zero-order valence-corrected chi connectivity index (χ0v) is 13.1. The second-order valence-corrected chi connectivity index (χ2v) is 5.59. The highest BCUT2D eigenvalue weighted by Crippen LogP contribution is 2.19.